The molecule has 1 aromatic heterocycles. The van der Waals surface area contributed by atoms with Crippen LogP contribution in [0.3, 0.4) is 0 Å². The molecule has 4 rings (SSSR count). The van der Waals surface area contributed by atoms with Gasteiger partial charge in [0.15, 0.2) is 0 Å². The zero-order valence-corrected chi connectivity index (χ0v) is 20.1. The van der Waals surface area contributed by atoms with Crippen molar-refractivity contribution in [1.29, 1.82) is 0 Å². The number of hydrogen-bond donors (Lipinski definition) is 0. The van der Waals surface area contributed by atoms with E-state index in [-0.39, 0.29) is 12.4 Å². The second-order valence-corrected chi connectivity index (χ2v) is 8.93. The summed E-state index contributed by atoms with van der Waals surface area (Å²) in [4.78, 5) is 26.2. The molecular weight excluding hydrogens is 465 g/mol. The third-order valence-electron chi connectivity index (χ3n) is 5.75. The zero-order valence-electron chi connectivity index (χ0n) is 18.6. The standard InChI is InChI=1S/C25H25Cl2NO5/c1-3-31-22(29)7-5-17-11-19-15(2)10-23(30)33-25(19)20-13-28(14-32-24(17)20)9-8-16-4-6-18(26)12-21(16)27/h4,6,10-12H,3,5,7-9,13-14H2,1-2H3. The molecule has 3 aromatic rings. The average molecular weight is 490 g/mol. The van der Waals surface area contributed by atoms with Gasteiger partial charge in [0.2, 0.25) is 0 Å². The van der Waals surface area contributed by atoms with Crippen molar-refractivity contribution in [3.63, 3.8) is 0 Å². The molecule has 2 aromatic carbocycles. The summed E-state index contributed by atoms with van der Waals surface area (Å²) in [5.41, 5.74) is 3.69. The normalized spacial score (nSPS) is 13.6. The number of esters is 1. The summed E-state index contributed by atoms with van der Waals surface area (Å²) >= 11 is 12.3. The highest BCUT2D eigenvalue weighted by Gasteiger charge is 2.25. The highest BCUT2D eigenvalue weighted by Crippen LogP contribution is 2.37. The van der Waals surface area contributed by atoms with E-state index in [1.54, 1.807) is 13.0 Å². The summed E-state index contributed by atoms with van der Waals surface area (Å²) < 4.78 is 16.8. The minimum atomic E-state index is -0.397. The minimum Gasteiger partial charge on any atom is -0.477 e. The quantitative estimate of drug-likeness (QED) is 0.331. The summed E-state index contributed by atoms with van der Waals surface area (Å²) in [5.74, 6) is 0.432. The van der Waals surface area contributed by atoms with Crippen molar-refractivity contribution in [2.75, 3.05) is 19.9 Å². The Labute approximate surface area is 202 Å². The van der Waals surface area contributed by atoms with Crippen molar-refractivity contribution in [3.8, 4) is 5.75 Å². The molecule has 0 unspecified atom stereocenters. The third kappa shape index (κ3) is 5.35. The maximum absolute atomic E-state index is 12.1. The number of rotatable bonds is 7. The Hall–Kier alpha value is -2.54. The van der Waals surface area contributed by atoms with Gasteiger partial charge in [0.25, 0.3) is 0 Å². The molecule has 0 atom stereocenters. The fourth-order valence-electron chi connectivity index (χ4n) is 4.11. The predicted molar refractivity (Wildman–Crippen MR) is 128 cm³/mol. The molecule has 174 valence electrons. The molecule has 1 aliphatic heterocycles. The number of benzene rings is 2. The molecule has 0 saturated carbocycles. The van der Waals surface area contributed by atoms with Crippen LogP contribution in [0.4, 0.5) is 0 Å². The van der Waals surface area contributed by atoms with Crippen LogP contribution in [-0.4, -0.2) is 30.8 Å². The van der Waals surface area contributed by atoms with E-state index in [9.17, 15) is 9.59 Å². The van der Waals surface area contributed by atoms with Crippen LogP contribution < -0.4 is 10.4 Å². The van der Waals surface area contributed by atoms with Crippen molar-refractivity contribution in [3.05, 3.63) is 73.1 Å². The Bertz CT molecular complexity index is 1250. The lowest BCUT2D eigenvalue weighted by Crippen LogP contribution is -2.34. The highest BCUT2D eigenvalue weighted by atomic mass is 35.5. The summed E-state index contributed by atoms with van der Waals surface area (Å²) in [5, 5.41) is 2.08. The van der Waals surface area contributed by atoms with E-state index in [0.29, 0.717) is 54.2 Å². The lowest BCUT2D eigenvalue weighted by Gasteiger charge is -2.31. The van der Waals surface area contributed by atoms with Crippen molar-refractivity contribution >= 4 is 40.1 Å². The van der Waals surface area contributed by atoms with Crippen molar-refractivity contribution in [2.24, 2.45) is 0 Å². The van der Waals surface area contributed by atoms with Gasteiger partial charge in [-0.1, -0.05) is 29.3 Å². The Morgan fingerprint density at radius 3 is 2.73 bits per heavy atom. The van der Waals surface area contributed by atoms with Crippen LogP contribution in [0.25, 0.3) is 11.0 Å². The number of carbonyl (C=O) groups is 1. The number of fused-ring (bicyclic) bond motifs is 3. The van der Waals surface area contributed by atoms with Gasteiger partial charge < -0.3 is 13.9 Å². The smallest absolute Gasteiger partial charge is 0.336 e. The molecule has 8 heteroatoms. The van der Waals surface area contributed by atoms with E-state index in [1.807, 2.05) is 25.1 Å². The van der Waals surface area contributed by atoms with E-state index in [2.05, 4.69) is 4.90 Å². The van der Waals surface area contributed by atoms with Gasteiger partial charge in [-0.2, -0.15) is 0 Å². The van der Waals surface area contributed by atoms with Gasteiger partial charge in [0.05, 0.1) is 12.2 Å². The molecule has 0 saturated heterocycles. The van der Waals surface area contributed by atoms with Gasteiger partial charge in [-0.05, 0) is 61.6 Å². The van der Waals surface area contributed by atoms with E-state index >= 15 is 0 Å². The van der Waals surface area contributed by atoms with E-state index in [1.165, 1.54) is 6.07 Å². The average Bonchev–Trinajstić information content (AvgIpc) is 2.77. The first-order valence-electron chi connectivity index (χ1n) is 10.9. The zero-order chi connectivity index (χ0) is 23.5. The Morgan fingerprint density at radius 2 is 1.97 bits per heavy atom. The highest BCUT2D eigenvalue weighted by molar-refractivity contribution is 6.35. The number of carbonyl (C=O) groups excluding carboxylic acids is 1. The number of aryl methyl sites for hydroxylation is 2. The van der Waals surface area contributed by atoms with Gasteiger partial charge in [0, 0.05) is 41.0 Å². The maximum Gasteiger partial charge on any atom is 0.336 e. The Morgan fingerprint density at radius 1 is 1.15 bits per heavy atom. The van der Waals surface area contributed by atoms with Gasteiger partial charge in [-0.25, -0.2) is 4.79 Å². The molecule has 0 fully saturated rings. The van der Waals surface area contributed by atoms with Gasteiger partial charge in [-0.3, -0.25) is 9.69 Å². The van der Waals surface area contributed by atoms with Crippen molar-refractivity contribution in [2.45, 2.75) is 39.7 Å². The molecule has 6 nitrogen and oxygen atoms in total. The molecule has 0 spiro atoms. The predicted octanol–water partition coefficient (Wildman–Crippen LogP) is 5.30. The summed E-state index contributed by atoms with van der Waals surface area (Å²) in [7, 11) is 0. The van der Waals surface area contributed by atoms with Crippen molar-refractivity contribution < 1.29 is 18.7 Å². The van der Waals surface area contributed by atoms with E-state index < -0.39 is 5.63 Å². The summed E-state index contributed by atoms with van der Waals surface area (Å²) in [6.07, 6.45) is 1.46. The Kier molecular flexibility index (Phi) is 7.27. The van der Waals surface area contributed by atoms with Crippen LogP contribution >= 0.6 is 23.2 Å². The minimum absolute atomic E-state index is 0.250. The second kappa shape index (κ2) is 10.2. The van der Waals surface area contributed by atoms with Crippen LogP contribution in [0, 0.1) is 6.92 Å². The largest absolute Gasteiger partial charge is 0.477 e. The molecule has 1 aliphatic rings. The molecule has 0 bridgehead atoms. The molecule has 0 aliphatic carbocycles. The molecular formula is C25H25Cl2NO5. The molecule has 0 radical (unpaired) electrons. The lowest BCUT2D eigenvalue weighted by molar-refractivity contribution is -0.143. The lowest BCUT2D eigenvalue weighted by atomic mass is 9.97. The second-order valence-electron chi connectivity index (χ2n) is 8.09. The number of halogens is 2. The first kappa shape index (κ1) is 23.6. The fraction of sp³-hybridized carbons (Fsp3) is 0.360. The maximum atomic E-state index is 12.1. The van der Waals surface area contributed by atoms with Crippen LogP contribution in [-0.2, 0) is 28.9 Å². The van der Waals surface area contributed by atoms with Crippen LogP contribution in [0.2, 0.25) is 10.0 Å². The molecule has 33 heavy (non-hydrogen) atoms. The van der Waals surface area contributed by atoms with Gasteiger partial charge in [0.1, 0.15) is 18.1 Å². The van der Waals surface area contributed by atoms with Crippen LogP contribution in [0.1, 0.15) is 35.6 Å². The van der Waals surface area contributed by atoms with Crippen molar-refractivity contribution in [1.82, 2.24) is 4.90 Å². The topological polar surface area (TPSA) is 69.0 Å². The summed E-state index contributed by atoms with van der Waals surface area (Å²) in [6, 6.07) is 8.92. The van der Waals surface area contributed by atoms with Crippen LogP contribution in [0.15, 0.2) is 39.5 Å². The monoisotopic (exact) mass is 489 g/mol. The first-order chi connectivity index (χ1) is 15.9. The molecule has 0 amide bonds. The van der Waals surface area contributed by atoms with Crippen LogP contribution in [0.5, 0.6) is 5.75 Å². The first-order valence-corrected chi connectivity index (χ1v) is 11.6. The fourth-order valence-corrected chi connectivity index (χ4v) is 4.61. The number of nitrogens with zero attached hydrogens (tertiary/aromatic N) is 1. The van der Waals surface area contributed by atoms with Gasteiger partial charge in [-0.15, -0.1) is 0 Å². The number of hydrogen-bond acceptors (Lipinski definition) is 6. The molecule has 0 N–H and O–H groups in total. The molecule has 2 heterocycles. The SMILES string of the molecule is CCOC(=O)CCc1cc2c(C)cc(=O)oc2c2c1OCN(CCc1ccc(Cl)cc1Cl)C2. The van der Waals surface area contributed by atoms with E-state index in [0.717, 1.165) is 34.1 Å². The Balaban J connectivity index is 1.63. The third-order valence-corrected chi connectivity index (χ3v) is 6.34. The number of ether oxygens (including phenoxy) is 2. The van der Waals surface area contributed by atoms with Gasteiger partial charge >= 0.3 is 11.6 Å². The summed E-state index contributed by atoms with van der Waals surface area (Å²) in [6.45, 7) is 5.65. The van der Waals surface area contributed by atoms with E-state index in [4.69, 9.17) is 37.1 Å².